The summed E-state index contributed by atoms with van der Waals surface area (Å²) in [7, 11) is 1.62. The van der Waals surface area contributed by atoms with Crippen LogP contribution in [0.25, 0.3) is 0 Å². The number of aliphatic hydroxyl groups is 1. The molecule has 0 aromatic heterocycles. The van der Waals surface area contributed by atoms with Gasteiger partial charge in [-0.15, -0.1) is 0 Å². The molecule has 3 N–H and O–H groups in total. The number of aliphatic imine (C=N–C) groups is 1. The maximum atomic E-state index is 10.2. The van der Waals surface area contributed by atoms with Gasteiger partial charge in [-0.25, -0.2) is 0 Å². The topological polar surface area (TPSA) is 65.9 Å². The smallest absolute Gasteiger partial charge is 0.191 e. The number of nitrogens with one attached hydrogen (secondary N) is 2. The highest BCUT2D eigenvalue weighted by Gasteiger charge is 2.22. The molecule has 2 rings (SSSR count). The fourth-order valence-electron chi connectivity index (χ4n) is 1.87. The number of hydrogen-bond acceptors (Lipinski definition) is 3. The molecule has 1 saturated carbocycles. The molecule has 0 bridgehead atoms. The minimum Gasteiger partial charge on any atom is -0.497 e. The Morgan fingerprint density at radius 3 is 2.95 bits per heavy atom. The second-order valence-electron chi connectivity index (χ2n) is 4.93. The molecule has 5 heteroatoms. The zero-order valence-corrected chi connectivity index (χ0v) is 12.1. The van der Waals surface area contributed by atoms with E-state index in [0.29, 0.717) is 12.6 Å². The Kier molecular flexibility index (Phi) is 5.24. The summed E-state index contributed by atoms with van der Waals surface area (Å²) >= 11 is 0. The molecule has 0 saturated heterocycles. The zero-order chi connectivity index (χ0) is 14.4. The van der Waals surface area contributed by atoms with Crippen molar-refractivity contribution in [2.24, 2.45) is 4.99 Å². The molecule has 1 fully saturated rings. The molecular formula is C15H23N3O2. The highest BCUT2D eigenvalue weighted by molar-refractivity contribution is 5.80. The third-order valence-corrected chi connectivity index (χ3v) is 3.16. The largest absolute Gasteiger partial charge is 0.497 e. The number of methoxy groups -OCH3 is 1. The van der Waals surface area contributed by atoms with Gasteiger partial charge in [-0.3, -0.25) is 4.99 Å². The normalized spacial score (nSPS) is 16.6. The summed E-state index contributed by atoms with van der Waals surface area (Å²) in [5, 5.41) is 16.7. The Hall–Kier alpha value is -1.75. The second-order valence-corrected chi connectivity index (χ2v) is 4.93. The Bertz CT molecular complexity index is 458. The third kappa shape index (κ3) is 4.42. The van der Waals surface area contributed by atoms with Crippen molar-refractivity contribution in [1.29, 1.82) is 0 Å². The average Bonchev–Trinajstić information content (AvgIpc) is 3.28. The van der Waals surface area contributed by atoms with Crippen LogP contribution in [0.4, 0.5) is 0 Å². The molecule has 20 heavy (non-hydrogen) atoms. The molecule has 0 radical (unpaired) electrons. The molecule has 1 aromatic carbocycles. The predicted molar refractivity (Wildman–Crippen MR) is 80.1 cm³/mol. The van der Waals surface area contributed by atoms with Gasteiger partial charge in [0.2, 0.25) is 0 Å². The fraction of sp³-hybridized carbons (Fsp3) is 0.533. The molecule has 0 aliphatic heterocycles. The van der Waals surface area contributed by atoms with Crippen LogP contribution in [-0.2, 0) is 0 Å². The molecular weight excluding hydrogens is 254 g/mol. The lowest BCUT2D eigenvalue weighted by atomic mass is 10.1. The van der Waals surface area contributed by atoms with Crippen molar-refractivity contribution >= 4 is 5.96 Å². The van der Waals surface area contributed by atoms with E-state index in [1.54, 1.807) is 7.11 Å². The van der Waals surface area contributed by atoms with Gasteiger partial charge in [0.1, 0.15) is 5.75 Å². The van der Waals surface area contributed by atoms with Crippen LogP contribution in [0.2, 0.25) is 0 Å². The van der Waals surface area contributed by atoms with E-state index in [0.717, 1.165) is 23.8 Å². The lowest BCUT2D eigenvalue weighted by molar-refractivity contribution is 0.186. The molecule has 1 aromatic rings. The van der Waals surface area contributed by atoms with Crippen LogP contribution in [0, 0.1) is 0 Å². The minimum absolute atomic E-state index is 0.329. The van der Waals surface area contributed by atoms with Crippen molar-refractivity contribution in [2.45, 2.75) is 31.9 Å². The number of rotatable bonds is 6. The summed E-state index contributed by atoms with van der Waals surface area (Å²) in [4.78, 5) is 4.43. The first kappa shape index (κ1) is 14.7. The lowest BCUT2D eigenvalue weighted by Gasteiger charge is -2.13. The van der Waals surface area contributed by atoms with Crippen LogP contribution in [0.15, 0.2) is 29.3 Å². The van der Waals surface area contributed by atoms with Crippen molar-refractivity contribution < 1.29 is 9.84 Å². The van der Waals surface area contributed by atoms with Gasteiger partial charge in [0.25, 0.3) is 0 Å². The SMILES string of the molecule is CCNC(=NCC(O)c1cccc(OC)c1)NC1CC1. The molecule has 0 amide bonds. The van der Waals surface area contributed by atoms with Crippen LogP contribution < -0.4 is 15.4 Å². The number of guanidine groups is 1. The van der Waals surface area contributed by atoms with Crippen LogP contribution in [0.5, 0.6) is 5.75 Å². The van der Waals surface area contributed by atoms with Crippen molar-refractivity contribution in [3.8, 4) is 5.75 Å². The van der Waals surface area contributed by atoms with Gasteiger partial charge in [-0.2, -0.15) is 0 Å². The first-order chi connectivity index (χ1) is 9.72. The van der Waals surface area contributed by atoms with E-state index >= 15 is 0 Å². The van der Waals surface area contributed by atoms with Gasteiger partial charge >= 0.3 is 0 Å². The molecule has 0 spiro atoms. The summed E-state index contributed by atoms with van der Waals surface area (Å²) in [6.07, 6.45) is 1.77. The summed E-state index contributed by atoms with van der Waals surface area (Å²) in [5.41, 5.74) is 0.815. The van der Waals surface area contributed by atoms with E-state index in [1.807, 2.05) is 31.2 Å². The van der Waals surface area contributed by atoms with Crippen LogP contribution >= 0.6 is 0 Å². The van der Waals surface area contributed by atoms with Crippen LogP contribution in [-0.4, -0.2) is 37.3 Å². The van der Waals surface area contributed by atoms with Crippen molar-refractivity contribution in [3.05, 3.63) is 29.8 Å². The molecule has 1 aliphatic rings. The van der Waals surface area contributed by atoms with Crippen molar-refractivity contribution in [2.75, 3.05) is 20.2 Å². The van der Waals surface area contributed by atoms with E-state index < -0.39 is 6.10 Å². The molecule has 1 unspecified atom stereocenters. The number of nitrogens with zero attached hydrogens (tertiary/aromatic N) is 1. The van der Waals surface area contributed by atoms with Crippen LogP contribution in [0.3, 0.4) is 0 Å². The third-order valence-electron chi connectivity index (χ3n) is 3.16. The number of benzene rings is 1. The van der Waals surface area contributed by atoms with Gasteiger partial charge < -0.3 is 20.5 Å². The first-order valence-corrected chi connectivity index (χ1v) is 7.09. The summed E-state index contributed by atoms with van der Waals surface area (Å²) in [5.74, 6) is 1.52. The number of hydrogen-bond donors (Lipinski definition) is 3. The molecule has 1 aliphatic carbocycles. The van der Waals surface area contributed by atoms with Gasteiger partial charge in [0.15, 0.2) is 5.96 Å². The summed E-state index contributed by atoms with van der Waals surface area (Å²) in [6, 6.07) is 7.99. The fourth-order valence-corrected chi connectivity index (χ4v) is 1.87. The molecule has 110 valence electrons. The zero-order valence-electron chi connectivity index (χ0n) is 12.1. The Morgan fingerprint density at radius 1 is 1.50 bits per heavy atom. The van der Waals surface area contributed by atoms with Crippen molar-refractivity contribution in [3.63, 3.8) is 0 Å². The summed E-state index contributed by atoms with van der Waals surface area (Å²) < 4.78 is 5.16. The van der Waals surface area contributed by atoms with Gasteiger partial charge in [0, 0.05) is 12.6 Å². The van der Waals surface area contributed by atoms with E-state index in [2.05, 4.69) is 15.6 Å². The Balaban J connectivity index is 1.95. The van der Waals surface area contributed by atoms with Crippen molar-refractivity contribution in [1.82, 2.24) is 10.6 Å². The highest BCUT2D eigenvalue weighted by atomic mass is 16.5. The molecule has 1 atom stereocenters. The number of aliphatic hydroxyl groups excluding tert-OH is 1. The van der Waals surface area contributed by atoms with Crippen LogP contribution in [0.1, 0.15) is 31.4 Å². The Labute approximate surface area is 120 Å². The lowest BCUT2D eigenvalue weighted by Crippen LogP contribution is -2.38. The Morgan fingerprint density at radius 2 is 2.30 bits per heavy atom. The second kappa shape index (κ2) is 7.14. The molecule has 0 heterocycles. The molecule has 5 nitrogen and oxygen atoms in total. The predicted octanol–water partition coefficient (Wildman–Crippen LogP) is 1.45. The maximum Gasteiger partial charge on any atom is 0.191 e. The van der Waals surface area contributed by atoms with Gasteiger partial charge in [-0.05, 0) is 37.5 Å². The van der Waals surface area contributed by atoms with E-state index in [4.69, 9.17) is 4.74 Å². The quantitative estimate of drug-likeness (QED) is 0.544. The van der Waals surface area contributed by atoms with Gasteiger partial charge in [-0.1, -0.05) is 12.1 Å². The van der Waals surface area contributed by atoms with E-state index in [-0.39, 0.29) is 0 Å². The highest BCUT2D eigenvalue weighted by Crippen LogP contribution is 2.20. The standard InChI is InChI=1S/C15H23N3O2/c1-3-16-15(18-12-7-8-12)17-10-14(19)11-5-4-6-13(9-11)20-2/h4-6,9,12,14,19H,3,7-8,10H2,1-2H3,(H2,16,17,18). The average molecular weight is 277 g/mol. The number of ether oxygens (including phenoxy) is 1. The minimum atomic E-state index is -0.625. The van der Waals surface area contributed by atoms with E-state index in [1.165, 1.54) is 12.8 Å². The maximum absolute atomic E-state index is 10.2. The first-order valence-electron chi connectivity index (χ1n) is 7.09. The van der Waals surface area contributed by atoms with E-state index in [9.17, 15) is 5.11 Å². The van der Waals surface area contributed by atoms with Gasteiger partial charge in [0.05, 0.1) is 19.8 Å². The monoisotopic (exact) mass is 277 g/mol. The summed E-state index contributed by atoms with van der Waals surface area (Å²) in [6.45, 7) is 3.17.